The molecule has 0 aliphatic carbocycles. The maximum Gasteiger partial charge on any atom is 0.194 e. The van der Waals surface area contributed by atoms with Crippen molar-refractivity contribution in [1.29, 1.82) is 0 Å². The molecule has 1 saturated heterocycles. The minimum atomic E-state index is -0.669. The molecule has 7 heteroatoms. The average molecular weight is 525 g/mol. The fraction of sp³-hybridized carbons (Fsp3) is 0.435. The van der Waals surface area contributed by atoms with Crippen molar-refractivity contribution in [3.05, 3.63) is 60.2 Å². The molecule has 0 saturated carbocycles. The summed E-state index contributed by atoms with van der Waals surface area (Å²) in [6.45, 7) is 4.89. The van der Waals surface area contributed by atoms with Gasteiger partial charge in [-0.3, -0.25) is 4.99 Å². The van der Waals surface area contributed by atoms with E-state index in [4.69, 9.17) is 9.47 Å². The van der Waals surface area contributed by atoms with Crippen LogP contribution in [0.25, 0.3) is 0 Å². The smallest absolute Gasteiger partial charge is 0.194 e. The van der Waals surface area contributed by atoms with Crippen molar-refractivity contribution >= 4 is 29.9 Å². The SMILES string of the molecule is CCNC(=NCC(O)c1cccc(OC)c1)N1CCC(Oc2ccccc2)CC1.I. The Morgan fingerprint density at radius 2 is 1.83 bits per heavy atom. The van der Waals surface area contributed by atoms with Crippen molar-refractivity contribution in [1.82, 2.24) is 10.2 Å². The van der Waals surface area contributed by atoms with Crippen molar-refractivity contribution < 1.29 is 14.6 Å². The van der Waals surface area contributed by atoms with Crippen molar-refractivity contribution in [3.8, 4) is 11.5 Å². The molecule has 6 nitrogen and oxygen atoms in total. The number of benzene rings is 2. The number of nitrogens with zero attached hydrogens (tertiary/aromatic N) is 2. The van der Waals surface area contributed by atoms with Crippen LogP contribution in [0.2, 0.25) is 0 Å². The normalized spacial score (nSPS) is 15.8. The molecule has 2 aromatic rings. The zero-order valence-corrected chi connectivity index (χ0v) is 20.0. The molecule has 0 bridgehead atoms. The van der Waals surface area contributed by atoms with Gasteiger partial charge in [-0.2, -0.15) is 0 Å². The number of nitrogens with one attached hydrogen (secondary N) is 1. The largest absolute Gasteiger partial charge is 0.497 e. The van der Waals surface area contributed by atoms with Crippen LogP contribution in [0.5, 0.6) is 11.5 Å². The summed E-state index contributed by atoms with van der Waals surface area (Å²) in [4.78, 5) is 6.92. The Hall–Kier alpha value is -2.00. The van der Waals surface area contributed by atoms with Crippen LogP contribution in [-0.4, -0.2) is 55.4 Å². The van der Waals surface area contributed by atoms with Crippen LogP contribution in [-0.2, 0) is 0 Å². The predicted molar refractivity (Wildman–Crippen MR) is 131 cm³/mol. The number of piperidine rings is 1. The van der Waals surface area contributed by atoms with Crippen molar-refractivity contribution in [2.24, 2.45) is 4.99 Å². The van der Waals surface area contributed by atoms with Crippen LogP contribution in [0.1, 0.15) is 31.4 Å². The second-order valence-electron chi connectivity index (χ2n) is 7.10. The third-order valence-corrected chi connectivity index (χ3v) is 5.01. The van der Waals surface area contributed by atoms with Crippen LogP contribution in [0.4, 0.5) is 0 Å². The summed E-state index contributed by atoms with van der Waals surface area (Å²) >= 11 is 0. The average Bonchev–Trinajstić information content (AvgIpc) is 2.78. The third-order valence-electron chi connectivity index (χ3n) is 5.01. The van der Waals surface area contributed by atoms with E-state index in [0.717, 1.165) is 55.5 Å². The van der Waals surface area contributed by atoms with Gasteiger partial charge in [0.1, 0.15) is 17.6 Å². The molecule has 2 aromatic carbocycles. The highest BCUT2D eigenvalue weighted by Gasteiger charge is 2.23. The first kappa shape index (κ1) is 24.3. The Morgan fingerprint density at radius 3 is 2.50 bits per heavy atom. The molecular formula is C23H32IN3O3. The van der Waals surface area contributed by atoms with E-state index in [-0.39, 0.29) is 30.1 Å². The van der Waals surface area contributed by atoms with Gasteiger partial charge in [0.25, 0.3) is 0 Å². The second kappa shape index (κ2) is 12.6. The van der Waals surface area contributed by atoms with Gasteiger partial charge in [0.05, 0.1) is 19.8 Å². The lowest BCUT2D eigenvalue weighted by Crippen LogP contribution is -2.47. The monoisotopic (exact) mass is 525 g/mol. The number of hydrogen-bond donors (Lipinski definition) is 2. The number of methoxy groups -OCH3 is 1. The van der Waals surface area contributed by atoms with Gasteiger partial charge >= 0.3 is 0 Å². The second-order valence-corrected chi connectivity index (χ2v) is 7.10. The van der Waals surface area contributed by atoms with Gasteiger partial charge < -0.3 is 24.8 Å². The molecule has 1 fully saturated rings. The van der Waals surface area contributed by atoms with Gasteiger partial charge in [0.2, 0.25) is 0 Å². The fourth-order valence-corrected chi connectivity index (χ4v) is 3.43. The molecule has 1 unspecified atom stereocenters. The van der Waals surface area contributed by atoms with Crippen LogP contribution >= 0.6 is 24.0 Å². The van der Waals surface area contributed by atoms with E-state index in [9.17, 15) is 5.11 Å². The summed E-state index contributed by atoms with van der Waals surface area (Å²) < 4.78 is 11.3. The Bertz CT molecular complexity index is 780. The molecule has 164 valence electrons. The van der Waals surface area contributed by atoms with E-state index in [2.05, 4.69) is 22.1 Å². The molecule has 2 N–H and O–H groups in total. The lowest BCUT2D eigenvalue weighted by molar-refractivity contribution is 0.129. The van der Waals surface area contributed by atoms with E-state index < -0.39 is 6.10 Å². The lowest BCUT2D eigenvalue weighted by atomic mass is 10.1. The first-order valence-electron chi connectivity index (χ1n) is 10.3. The Kier molecular flexibility index (Phi) is 10.2. The molecule has 30 heavy (non-hydrogen) atoms. The standard InChI is InChI=1S/C23H31N3O3.HI/c1-3-24-23(25-17-22(27)18-8-7-11-21(16-18)28-2)26-14-12-20(13-15-26)29-19-9-5-4-6-10-19;/h4-11,16,20,22,27H,3,12-15,17H2,1-2H3,(H,24,25);1H. The lowest BCUT2D eigenvalue weighted by Gasteiger charge is -2.34. The van der Waals surface area contributed by atoms with Gasteiger partial charge in [0.15, 0.2) is 5.96 Å². The number of aliphatic hydroxyl groups excluding tert-OH is 1. The maximum absolute atomic E-state index is 10.5. The zero-order chi connectivity index (χ0) is 20.5. The van der Waals surface area contributed by atoms with Crippen molar-refractivity contribution in [2.45, 2.75) is 32.0 Å². The van der Waals surface area contributed by atoms with Crippen molar-refractivity contribution in [2.75, 3.05) is 33.3 Å². The van der Waals surface area contributed by atoms with Gasteiger partial charge in [0, 0.05) is 32.5 Å². The maximum atomic E-state index is 10.5. The fourth-order valence-electron chi connectivity index (χ4n) is 3.43. The van der Waals surface area contributed by atoms with E-state index >= 15 is 0 Å². The molecule has 3 rings (SSSR count). The van der Waals surface area contributed by atoms with Crippen LogP contribution < -0.4 is 14.8 Å². The number of aliphatic hydroxyl groups is 1. The summed E-state index contributed by atoms with van der Waals surface area (Å²) in [5.74, 6) is 2.50. The Labute approximate surface area is 196 Å². The number of para-hydroxylation sites is 1. The summed E-state index contributed by atoms with van der Waals surface area (Å²) in [7, 11) is 1.62. The third kappa shape index (κ3) is 7.05. The van der Waals surface area contributed by atoms with E-state index in [0.29, 0.717) is 6.54 Å². The molecule has 0 spiro atoms. The molecule has 0 radical (unpaired) electrons. The quantitative estimate of drug-likeness (QED) is 0.327. The van der Waals surface area contributed by atoms with E-state index in [1.54, 1.807) is 7.11 Å². The summed E-state index contributed by atoms with van der Waals surface area (Å²) in [6.07, 6.45) is 1.44. The van der Waals surface area contributed by atoms with Gasteiger partial charge in [-0.1, -0.05) is 30.3 Å². The number of rotatable bonds is 7. The molecule has 0 amide bonds. The molecule has 1 atom stereocenters. The highest BCUT2D eigenvalue weighted by atomic mass is 127. The molecule has 1 aliphatic rings. The molecule has 1 aliphatic heterocycles. The number of halogens is 1. The van der Waals surface area contributed by atoms with Gasteiger partial charge in [-0.15, -0.1) is 24.0 Å². The number of guanidine groups is 1. The Morgan fingerprint density at radius 1 is 1.13 bits per heavy atom. The number of aliphatic imine (C=N–C) groups is 1. The minimum Gasteiger partial charge on any atom is -0.497 e. The van der Waals surface area contributed by atoms with E-state index in [1.165, 1.54) is 0 Å². The summed E-state index contributed by atoms with van der Waals surface area (Å²) in [5, 5.41) is 13.9. The summed E-state index contributed by atoms with van der Waals surface area (Å²) in [6, 6.07) is 17.5. The first-order valence-corrected chi connectivity index (χ1v) is 10.3. The highest BCUT2D eigenvalue weighted by molar-refractivity contribution is 14.0. The van der Waals surface area contributed by atoms with Crippen LogP contribution in [0.15, 0.2) is 59.6 Å². The predicted octanol–water partition coefficient (Wildman–Crippen LogP) is 3.86. The molecular weight excluding hydrogens is 493 g/mol. The Balaban J connectivity index is 0.00000320. The van der Waals surface area contributed by atoms with Gasteiger partial charge in [-0.05, 0) is 36.8 Å². The van der Waals surface area contributed by atoms with Gasteiger partial charge in [-0.25, -0.2) is 0 Å². The topological polar surface area (TPSA) is 66.3 Å². The number of likely N-dealkylation sites (tertiary alicyclic amines) is 1. The van der Waals surface area contributed by atoms with Crippen LogP contribution in [0, 0.1) is 0 Å². The number of hydrogen-bond acceptors (Lipinski definition) is 4. The summed E-state index contributed by atoms with van der Waals surface area (Å²) in [5.41, 5.74) is 0.805. The zero-order valence-electron chi connectivity index (χ0n) is 17.7. The van der Waals surface area contributed by atoms with E-state index in [1.807, 2.05) is 54.6 Å². The highest BCUT2D eigenvalue weighted by Crippen LogP contribution is 2.21. The van der Waals surface area contributed by atoms with Crippen molar-refractivity contribution in [3.63, 3.8) is 0 Å². The minimum absolute atomic E-state index is 0. The molecule has 0 aromatic heterocycles. The number of ether oxygens (including phenoxy) is 2. The molecule has 1 heterocycles. The first-order chi connectivity index (χ1) is 14.2. The van der Waals surface area contributed by atoms with Crippen LogP contribution in [0.3, 0.4) is 0 Å².